The molecule has 0 spiro atoms. The van der Waals surface area contributed by atoms with Gasteiger partial charge < -0.3 is 15.8 Å². The zero-order chi connectivity index (χ0) is 14.4. The van der Waals surface area contributed by atoms with E-state index < -0.39 is 0 Å². The number of rotatable bonds is 6. The third-order valence-corrected chi connectivity index (χ3v) is 3.66. The number of nitrogens with one attached hydrogen (secondary N) is 1. The molecule has 0 atom stereocenters. The van der Waals surface area contributed by atoms with Crippen molar-refractivity contribution in [2.24, 2.45) is 5.73 Å². The van der Waals surface area contributed by atoms with E-state index in [2.05, 4.69) is 5.32 Å². The Morgan fingerprint density at radius 1 is 1.24 bits per heavy atom. The van der Waals surface area contributed by atoms with E-state index in [0.29, 0.717) is 19.6 Å². The van der Waals surface area contributed by atoms with Gasteiger partial charge in [0.05, 0.1) is 6.42 Å². The van der Waals surface area contributed by atoms with E-state index >= 15 is 0 Å². The highest BCUT2D eigenvalue weighted by Crippen LogP contribution is 2.18. The van der Waals surface area contributed by atoms with Crippen molar-refractivity contribution in [1.82, 2.24) is 0 Å². The minimum Gasteiger partial charge on any atom is -0.492 e. The van der Waals surface area contributed by atoms with E-state index in [9.17, 15) is 4.79 Å². The average molecular weight is 327 g/mol. The Hall–Kier alpha value is -1.56. The molecule has 0 aliphatic rings. The molecule has 1 heterocycles. The highest BCUT2D eigenvalue weighted by atomic mass is 35.5. The van der Waals surface area contributed by atoms with Crippen molar-refractivity contribution in [1.29, 1.82) is 0 Å². The lowest BCUT2D eigenvalue weighted by Gasteiger charge is -2.07. The molecule has 0 saturated heterocycles. The highest BCUT2D eigenvalue weighted by Gasteiger charge is 2.06. The Bertz CT molecular complexity index is 569. The quantitative estimate of drug-likeness (QED) is 0.857. The van der Waals surface area contributed by atoms with Crippen LogP contribution in [0.2, 0.25) is 0 Å². The lowest BCUT2D eigenvalue weighted by Crippen LogP contribution is -2.13. The van der Waals surface area contributed by atoms with Gasteiger partial charge in [0.1, 0.15) is 12.4 Å². The summed E-state index contributed by atoms with van der Waals surface area (Å²) in [6.45, 7) is 3.01. The van der Waals surface area contributed by atoms with Gasteiger partial charge in [0.2, 0.25) is 5.91 Å². The lowest BCUT2D eigenvalue weighted by molar-refractivity contribution is -0.115. The van der Waals surface area contributed by atoms with Crippen molar-refractivity contribution in [3.8, 4) is 5.75 Å². The molecule has 6 heteroatoms. The Morgan fingerprint density at radius 3 is 2.52 bits per heavy atom. The molecule has 0 aliphatic heterocycles. The fourth-order valence-corrected chi connectivity index (χ4v) is 2.64. The molecular formula is C15H19ClN2O2S. The monoisotopic (exact) mass is 326 g/mol. The van der Waals surface area contributed by atoms with Crippen LogP contribution in [-0.2, 0) is 11.2 Å². The number of benzene rings is 1. The Labute approximate surface area is 134 Å². The second-order valence-corrected chi connectivity index (χ2v) is 5.77. The molecule has 0 fully saturated rings. The predicted octanol–water partition coefficient (Wildman–Crippen LogP) is 3.00. The van der Waals surface area contributed by atoms with Crippen LogP contribution < -0.4 is 15.8 Å². The normalized spacial score (nSPS) is 9.81. The largest absolute Gasteiger partial charge is 0.492 e. The van der Waals surface area contributed by atoms with Gasteiger partial charge in [0.15, 0.2) is 0 Å². The maximum absolute atomic E-state index is 11.9. The number of hydrogen-bond donors (Lipinski definition) is 2. The first kappa shape index (κ1) is 17.5. The SMILES string of the molecule is Cc1ccc(CC(=O)Nc2ccc(OCCN)cc2)s1.Cl. The van der Waals surface area contributed by atoms with E-state index in [-0.39, 0.29) is 18.3 Å². The van der Waals surface area contributed by atoms with E-state index in [1.54, 1.807) is 11.3 Å². The second kappa shape index (κ2) is 8.67. The molecular weight excluding hydrogens is 308 g/mol. The molecule has 114 valence electrons. The molecule has 0 saturated carbocycles. The standard InChI is InChI=1S/C15H18N2O2S.ClH/c1-11-2-7-14(20-11)10-15(18)17-12-3-5-13(6-4-12)19-9-8-16;/h2-7H,8-10,16H2,1H3,(H,17,18);1H. The molecule has 0 aliphatic carbocycles. The van der Waals surface area contributed by atoms with Gasteiger partial charge in [0.25, 0.3) is 0 Å². The zero-order valence-electron chi connectivity index (χ0n) is 11.8. The van der Waals surface area contributed by atoms with Crippen LogP contribution in [0.5, 0.6) is 5.75 Å². The number of anilines is 1. The summed E-state index contributed by atoms with van der Waals surface area (Å²) in [5, 5.41) is 2.87. The highest BCUT2D eigenvalue weighted by molar-refractivity contribution is 7.12. The summed E-state index contributed by atoms with van der Waals surface area (Å²) >= 11 is 1.65. The third-order valence-electron chi connectivity index (χ3n) is 2.66. The number of hydrogen-bond acceptors (Lipinski definition) is 4. The predicted molar refractivity (Wildman–Crippen MR) is 89.6 cm³/mol. The lowest BCUT2D eigenvalue weighted by atomic mass is 10.2. The van der Waals surface area contributed by atoms with Crippen LogP contribution in [0, 0.1) is 6.92 Å². The van der Waals surface area contributed by atoms with E-state index in [0.717, 1.165) is 16.3 Å². The smallest absolute Gasteiger partial charge is 0.229 e. The molecule has 2 aromatic rings. The van der Waals surface area contributed by atoms with Gasteiger partial charge in [-0.2, -0.15) is 0 Å². The van der Waals surface area contributed by atoms with E-state index in [1.807, 2.05) is 43.3 Å². The summed E-state index contributed by atoms with van der Waals surface area (Å²) in [5.41, 5.74) is 6.13. The average Bonchev–Trinajstić information content (AvgIpc) is 2.83. The number of nitrogens with two attached hydrogens (primary N) is 1. The zero-order valence-corrected chi connectivity index (χ0v) is 13.4. The third kappa shape index (κ3) is 5.75. The van der Waals surface area contributed by atoms with Gasteiger partial charge in [0, 0.05) is 22.0 Å². The van der Waals surface area contributed by atoms with Gasteiger partial charge >= 0.3 is 0 Å². The summed E-state index contributed by atoms with van der Waals surface area (Å²) in [6.07, 6.45) is 0.407. The Morgan fingerprint density at radius 2 is 1.95 bits per heavy atom. The Kier molecular flexibility index (Phi) is 7.22. The van der Waals surface area contributed by atoms with Crippen LogP contribution in [0.15, 0.2) is 36.4 Å². The maximum Gasteiger partial charge on any atom is 0.229 e. The first-order chi connectivity index (χ1) is 9.67. The van der Waals surface area contributed by atoms with E-state index in [4.69, 9.17) is 10.5 Å². The van der Waals surface area contributed by atoms with Crippen molar-refractivity contribution in [3.05, 3.63) is 46.2 Å². The molecule has 4 nitrogen and oxygen atoms in total. The molecule has 1 amide bonds. The molecule has 0 unspecified atom stereocenters. The van der Waals surface area contributed by atoms with Crippen molar-refractivity contribution in [2.75, 3.05) is 18.5 Å². The summed E-state index contributed by atoms with van der Waals surface area (Å²) < 4.78 is 5.38. The molecule has 0 radical (unpaired) electrons. The first-order valence-corrected chi connectivity index (χ1v) is 7.27. The van der Waals surface area contributed by atoms with Crippen LogP contribution in [-0.4, -0.2) is 19.1 Å². The number of halogens is 1. The van der Waals surface area contributed by atoms with Crippen LogP contribution in [0.4, 0.5) is 5.69 Å². The summed E-state index contributed by atoms with van der Waals surface area (Å²) in [7, 11) is 0. The van der Waals surface area contributed by atoms with Crippen LogP contribution in [0.25, 0.3) is 0 Å². The number of amides is 1. The molecule has 2 rings (SSSR count). The molecule has 0 bridgehead atoms. The minimum atomic E-state index is -0.0116. The number of thiophene rings is 1. The van der Waals surface area contributed by atoms with Crippen molar-refractivity contribution in [3.63, 3.8) is 0 Å². The fourth-order valence-electron chi connectivity index (χ4n) is 1.75. The summed E-state index contributed by atoms with van der Waals surface area (Å²) in [4.78, 5) is 14.2. The topological polar surface area (TPSA) is 64.3 Å². The molecule has 1 aromatic heterocycles. The van der Waals surface area contributed by atoms with Gasteiger partial charge in [-0.1, -0.05) is 0 Å². The minimum absolute atomic E-state index is 0. The van der Waals surface area contributed by atoms with Gasteiger partial charge in [-0.25, -0.2) is 0 Å². The second-order valence-electron chi connectivity index (χ2n) is 4.40. The van der Waals surface area contributed by atoms with E-state index in [1.165, 1.54) is 4.88 Å². The van der Waals surface area contributed by atoms with Gasteiger partial charge in [-0.15, -0.1) is 23.7 Å². The van der Waals surface area contributed by atoms with Crippen molar-refractivity contribution in [2.45, 2.75) is 13.3 Å². The number of ether oxygens (including phenoxy) is 1. The number of carbonyl (C=O) groups is 1. The maximum atomic E-state index is 11.9. The summed E-state index contributed by atoms with van der Waals surface area (Å²) in [6, 6.07) is 11.3. The molecule has 1 aromatic carbocycles. The fraction of sp³-hybridized carbons (Fsp3) is 0.267. The first-order valence-electron chi connectivity index (χ1n) is 6.45. The number of carbonyl (C=O) groups excluding carboxylic acids is 1. The number of aryl methyl sites for hydroxylation is 1. The summed E-state index contributed by atoms with van der Waals surface area (Å²) in [5.74, 6) is 0.741. The van der Waals surface area contributed by atoms with Crippen molar-refractivity contribution < 1.29 is 9.53 Å². The van der Waals surface area contributed by atoms with Gasteiger partial charge in [-0.05, 0) is 43.3 Å². The van der Waals surface area contributed by atoms with Crippen LogP contribution in [0.1, 0.15) is 9.75 Å². The van der Waals surface area contributed by atoms with Crippen LogP contribution in [0.3, 0.4) is 0 Å². The van der Waals surface area contributed by atoms with Crippen LogP contribution >= 0.6 is 23.7 Å². The molecule has 3 N–H and O–H groups in total. The molecule has 21 heavy (non-hydrogen) atoms. The van der Waals surface area contributed by atoms with Crippen molar-refractivity contribution >= 4 is 35.3 Å². The van der Waals surface area contributed by atoms with Gasteiger partial charge in [-0.3, -0.25) is 4.79 Å². The Balaban J connectivity index is 0.00000220.